The quantitative estimate of drug-likeness (QED) is 0.827. The van der Waals surface area contributed by atoms with E-state index in [4.69, 9.17) is 19.7 Å². The zero-order valence-corrected chi connectivity index (χ0v) is 14.7. The number of nitrogens with two attached hydrogens (primary N) is 1. The molecule has 2 aromatic rings. The minimum atomic E-state index is -0.871. The molecule has 9 heteroatoms. The molecule has 0 atom stereocenters. The van der Waals surface area contributed by atoms with Crippen molar-refractivity contribution in [3.05, 3.63) is 36.0 Å². The van der Waals surface area contributed by atoms with Crippen LogP contribution in [-0.4, -0.2) is 34.8 Å². The van der Waals surface area contributed by atoms with Crippen LogP contribution in [0, 0.1) is 6.92 Å². The summed E-state index contributed by atoms with van der Waals surface area (Å²) >= 11 is 0. The summed E-state index contributed by atoms with van der Waals surface area (Å²) in [6, 6.07) is 7.04. The molecule has 0 saturated carbocycles. The van der Waals surface area contributed by atoms with Crippen LogP contribution >= 0.6 is 12.4 Å². The molecule has 1 saturated heterocycles. The Morgan fingerprint density at radius 1 is 1.32 bits per heavy atom. The number of rotatable bonds is 5. The van der Waals surface area contributed by atoms with Crippen LogP contribution in [0.5, 0.6) is 5.75 Å². The van der Waals surface area contributed by atoms with E-state index in [1.165, 1.54) is 0 Å². The smallest absolute Gasteiger partial charge is 0.244 e. The fraction of sp³-hybridized carbons (Fsp3) is 0.438. The Bertz CT molecular complexity index is 698. The Kier molecular flexibility index (Phi) is 6.35. The molecule has 0 bridgehead atoms. The Labute approximate surface area is 151 Å². The van der Waals surface area contributed by atoms with E-state index in [1.54, 1.807) is 31.2 Å². The van der Waals surface area contributed by atoms with Crippen LogP contribution in [0.15, 0.2) is 28.8 Å². The molecular formula is C16H21ClN4O4. The largest absolute Gasteiger partial charge is 0.485 e. The van der Waals surface area contributed by atoms with Gasteiger partial charge in [-0.3, -0.25) is 4.79 Å². The molecule has 2 heterocycles. The summed E-state index contributed by atoms with van der Waals surface area (Å²) in [5.41, 5.74) is 5.95. The molecule has 1 amide bonds. The fourth-order valence-corrected chi connectivity index (χ4v) is 2.40. The molecule has 3 rings (SSSR count). The summed E-state index contributed by atoms with van der Waals surface area (Å²) < 4.78 is 15.7. The van der Waals surface area contributed by atoms with E-state index in [1.807, 2.05) is 0 Å². The number of amides is 1. The van der Waals surface area contributed by atoms with Gasteiger partial charge in [-0.15, -0.1) is 12.4 Å². The maximum Gasteiger partial charge on any atom is 0.244 e. The van der Waals surface area contributed by atoms with Gasteiger partial charge < -0.3 is 25.0 Å². The van der Waals surface area contributed by atoms with E-state index in [0.29, 0.717) is 49.2 Å². The number of carbonyl (C=O) groups excluding carboxylic acids is 1. The van der Waals surface area contributed by atoms with Gasteiger partial charge in [0.05, 0.1) is 0 Å². The van der Waals surface area contributed by atoms with Crippen molar-refractivity contribution >= 4 is 24.0 Å². The van der Waals surface area contributed by atoms with Crippen molar-refractivity contribution in [3.63, 3.8) is 0 Å². The molecule has 8 nitrogen and oxygen atoms in total. The van der Waals surface area contributed by atoms with Gasteiger partial charge in [-0.25, -0.2) is 0 Å². The molecule has 1 aromatic heterocycles. The molecule has 25 heavy (non-hydrogen) atoms. The first-order valence-corrected chi connectivity index (χ1v) is 7.75. The average Bonchev–Trinajstić information content (AvgIpc) is 3.00. The minimum absolute atomic E-state index is 0. The molecule has 1 aliphatic heterocycles. The Morgan fingerprint density at radius 2 is 2.00 bits per heavy atom. The van der Waals surface area contributed by atoms with Gasteiger partial charge in [-0.2, -0.15) is 4.98 Å². The minimum Gasteiger partial charge on any atom is -0.485 e. The van der Waals surface area contributed by atoms with Crippen molar-refractivity contribution in [2.45, 2.75) is 31.9 Å². The second-order valence-corrected chi connectivity index (χ2v) is 5.77. The first-order valence-electron chi connectivity index (χ1n) is 7.75. The lowest BCUT2D eigenvalue weighted by Gasteiger charge is -2.31. The molecule has 0 spiro atoms. The molecule has 0 radical (unpaired) electrons. The Morgan fingerprint density at radius 3 is 2.60 bits per heavy atom. The predicted octanol–water partition coefficient (Wildman–Crippen LogP) is 1.83. The topological polar surface area (TPSA) is 112 Å². The van der Waals surface area contributed by atoms with Gasteiger partial charge in [0.25, 0.3) is 0 Å². The first-order chi connectivity index (χ1) is 11.5. The number of carbonyl (C=O) groups is 1. The first kappa shape index (κ1) is 19.2. The maximum atomic E-state index is 12.3. The fourth-order valence-electron chi connectivity index (χ4n) is 2.40. The summed E-state index contributed by atoms with van der Waals surface area (Å²) in [4.78, 5) is 16.4. The number of benzene rings is 1. The predicted molar refractivity (Wildman–Crippen MR) is 92.7 cm³/mol. The second kappa shape index (κ2) is 8.28. The number of halogens is 1. The lowest BCUT2D eigenvalue weighted by atomic mass is 9.90. The number of aromatic nitrogens is 2. The summed E-state index contributed by atoms with van der Waals surface area (Å²) in [6.07, 6.45) is 1.04. The molecule has 0 aliphatic carbocycles. The highest BCUT2D eigenvalue weighted by atomic mass is 35.5. The number of aryl methyl sites for hydroxylation is 1. The van der Waals surface area contributed by atoms with Gasteiger partial charge in [0.2, 0.25) is 17.6 Å². The monoisotopic (exact) mass is 368 g/mol. The standard InChI is InChI=1S/C16H20N4O4.ClH/c1-11-18-14(20-24-11)10-23-13-4-2-12(3-5-13)19-15(21)16(17)6-8-22-9-7-16;/h2-5H,6-10,17H2,1H3,(H,19,21);1H. The summed E-state index contributed by atoms with van der Waals surface area (Å²) in [7, 11) is 0. The molecule has 0 unspecified atom stereocenters. The third-order valence-electron chi connectivity index (χ3n) is 3.89. The highest BCUT2D eigenvalue weighted by Crippen LogP contribution is 2.22. The third kappa shape index (κ3) is 4.91. The van der Waals surface area contributed by atoms with Gasteiger partial charge in [0, 0.05) is 25.8 Å². The van der Waals surface area contributed by atoms with Gasteiger partial charge in [-0.1, -0.05) is 5.16 Å². The number of anilines is 1. The molecule has 1 aromatic carbocycles. The van der Waals surface area contributed by atoms with Crippen molar-refractivity contribution in [1.82, 2.24) is 10.1 Å². The van der Waals surface area contributed by atoms with Gasteiger partial charge in [0.1, 0.15) is 11.3 Å². The van der Waals surface area contributed by atoms with E-state index in [9.17, 15) is 4.79 Å². The van der Waals surface area contributed by atoms with E-state index in [0.717, 1.165) is 0 Å². The summed E-state index contributed by atoms with van der Waals surface area (Å²) in [5, 5.41) is 6.60. The van der Waals surface area contributed by atoms with Gasteiger partial charge >= 0.3 is 0 Å². The second-order valence-electron chi connectivity index (χ2n) is 5.77. The van der Waals surface area contributed by atoms with Crippen LogP contribution in [0.2, 0.25) is 0 Å². The zero-order valence-electron chi connectivity index (χ0n) is 13.9. The SMILES string of the molecule is Cc1nc(COc2ccc(NC(=O)C3(N)CCOCC3)cc2)no1.Cl. The highest BCUT2D eigenvalue weighted by Gasteiger charge is 2.35. The van der Waals surface area contributed by atoms with Crippen molar-refractivity contribution in [2.24, 2.45) is 5.73 Å². The van der Waals surface area contributed by atoms with Crippen LogP contribution in [0.1, 0.15) is 24.6 Å². The Hall–Kier alpha value is -2.16. The third-order valence-corrected chi connectivity index (χ3v) is 3.89. The molecular weight excluding hydrogens is 348 g/mol. The van der Waals surface area contributed by atoms with Crippen LogP contribution in [0.4, 0.5) is 5.69 Å². The van der Waals surface area contributed by atoms with Gasteiger partial charge in [0.15, 0.2) is 6.61 Å². The van der Waals surface area contributed by atoms with E-state index < -0.39 is 5.54 Å². The summed E-state index contributed by atoms with van der Waals surface area (Å²) in [6.45, 7) is 2.95. The van der Waals surface area contributed by atoms with Crippen molar-refractivity contribution in [3.8, 4) is 5.75 Å². The molecule has 136 valence electrons. The van der Waals surface area contributed by atoms with E-state index >= 15 is 0 Å². The van der Waals surface area contributed by atoms with Crippen LogP contribution in [-0.2, 0) is 16.1 Å². The van der Waals surface area contributed by atoms with E-state index in [2.05, 4.69) is 15.5 Å². The van der Waals surface area contributed by atoms with Gasteiger partial charge in [-0.05, 0) is 37.1 Å². The normalized spacial score (nSPS) is 15.9. The lowest BCUT2D eigenvalue weighted by molar-refractivity contribution is -0.124. The molecule has 3 N–H and O–H groups in total. The summed E-state index contributed by atoms with van der Waals surface area (Å²) in [5.74, 6) is 1.43. The number of hydrogen-bond donors (Lipinski definition) is 2. The maximum absolute atomic E-state index is 12.3. The van der Waals surface area contributed by atoms with Crippen molar-refractivity contribution in [1.29, 1.82) is 0 Å². The molecule has 1 aliphatic rings. The highest BCUT2D eigenvalue weighted by molar-refractivity contribution is 5.98. The number of hydrogen-bond acceptors (Lipinski definition) is 7. The average molecular weight is 369 g/mol. The number of nitrogens with zero attached hydrogens (tertiary/aromatic N) is 2. The van der Waals surface area contributed by atoms with Crippen LogP contribution < -0.4 is 15.8 Å². The number of nitrogens with one attached hydrogen (secondary N) is 1. The van der Waals surface area contributed by atoms with Crippen LogP contribution in [0.25, 0.3) is 0 Å². The molecule has 1 fully saturated rings. The van der Waals surface area contributed by atoms with Crippen LogP contribution in [0.3, 0.4) is 0 Å². The Balaban J connectivity index is 0.00000225. The number of ether oxygens (including phenoxy) is 2. The van der Waals surface area contributed by atoms with Crippen molar-refractivity contribution in [2.75, 3.05) is 18.5 Å². The van der Waals surface area contributed by atoms with Crippen molar-refractivity contribution < 1.29 is 18.8 Å². The zero-order chi connectivity index (χ0) is 17.0. The van der Waals surface area contributed by atoms with E-state index in [-0.39, 0.29) is 24.9 Å². The lowest BCUT2D eigenvalue weighted by Crippen LogP contribution is -2.54.